The number of nitrogens with one attached hydrogen (secondary N) is 1. The van der Waals surface area contributed by atoms with Gasteiger partial charge in [0.15, 0.2) is 17.5 Å². The van der Waals surface area contributed by atoms with Crippen molar-refractivity contribution in [3.05, 3.63) is 78.8 Å². The number of halogens is 1. The largest absolute Gasteiger partial charge is 0.508 e. The Morgan fingerprint density at radius 3 is 2.50 bits per heavy atom. The molecule has 7 nitrogen and oxygen atoms in total. The predicted octanol–water partition coefficient (Wildman–Crippen LogP) is 4.21. The molecule has 0 saturated heterocycles. The fraction of sp³-hybridized carbons (Fsp3) is 0.0909. The van der Waals surface area contributed by atoms with Crippen molar-refractivity contribution in [1.82, 2.24) is 15.0 Å². The number of aryl methyl sites for hydroxylation is 1. The van der Waals surface area contributed by atoms with Crippen LogP contribution >= 0.6 is 0 Å². The number of hydrogen-bond donors (Lipinski definition) is 2. The van der Waals surface area contributed by atoms with E-state index in [0.29, 0.717) is 40.7 Å². The second-order valence-corrected chi connectivity index (χ2v) is 6.52. The van der Waals surface area contributed by atoms with Gasteiger partial charge >= 0.3 is 0 Å². The van der Waals surface area contributed by atoms with Gasteiger partial charge in [-0.05, 0) is 36.4 Å². The summed E-state index contributed by atoms with van der Waals surface area (Å²) in [5.74, 6) is 0.945. The van der Waals surface area contributed by atoms with Gasteiger partial charge in [-0.1, -0.05) is 12.1 Å². The molecule has 0 aliphatic rings. The lowest BCUT2D eigenvalue weighted by Crippen LogP contribution is -2.13. The molecule has 30 heavy (non-hydrogen) atoms. The highest BCUT2D eigenvalue weighted by molar-refractivity contribution is 5.90. The number of hydrogen-bond acceptors (Lipinski definition) is 6. The molecule has 0 fully saturated rings. The minimum absolute atomic E-state index is 0.127. The van der Waals surface area contributed by atoms with Crippen molar-refractivity contribution in [3.8, 4) is 28.5 Å². The Labute approximate surface area is 171 Å². The van der Waals surface area contributed by atoms with Gasteiger partial charge < -0.3 is 14.8 Å². The van der Waals surface area contributed by atoms with Gasteiger partial charge in [0.2, 0.25) is 5.91 Å². The average molecular weight is 404 g/mol. The zero-order valence-electron chi connectivity index (χ0n) is 15.7. The van der Waals surface area contributed by atoms with Crippen molar-refractivity contribution in [1.29, 1.82) is 0 Å². The van der Waals surface area contributed by atoms with Crippen LogP contribution in [0.25, 0.3) is 22.7 Å². The summed E-state index contributed by atoms with van der Waals surface area (Å²) in [5, 5.41) is 12.3. The summed E-state index contributed by atoms with van der Waals surface area (Å²) >= 11 is 0. The molecule has 2 aromatic heterocycles. The smallest absolute Gasteiger partial charge is 0.224 e. The lowest BCUT2D eigenvalue weighted by Gasteiger charge is -2.05. The van der Waals surface area contributed by atoms with Crippen LogP contribution in [0.4, 0.5) is 10.1 Å². The van der Waals surface area contributed by atoms with E-state index >= 15 is 0 Å². The minimum Gasteiger partial charge on any atom is -0.508 e. The van der Waals surface area contributed by atoms with E-state index in [-0.39, 0.29) is 23.9 Å². The quantitative estimate of drug-likeness (QED) is 0.499. The van der Waals surface area contributed by atoms with Crippen molar-refractivity contribution in [2.24, 2.45) is 0 Å². The predicted molar refractivity (Wildman–Crippen MR) is 108 cm³/mol. The number of benzene rings is 2. The minimum atomic E-state index is -0.325. The van der Waals surface area contributed by atoms with Gasteiger partial charge in [-0.2, -0.15) is 0 Å². The first-order valence-corrected chi connectivity index (χ1v) is 9.19. The third kappa shape index (κ3) is 4.67. The molecule has 0 radical (unpaired) electrons. The van der Waals surface area contributed by atoms with E-state index in [1.165, 1.54) is 24.5 Å². The number of oxazole rings is 1. The molecular formula is C22H17FN4O3. The van der Waals surface area contributed by atoms with Crippen molar-refractivity contribution in [2.45, 2.75) is 12.8 Å². The SMILES string of the molecule is O=C(CCc1ncc(-c2ccc(F)cc2)o1)Nc1cnc(-c2cccc(O)c2)nc1. The summed E-state index contributed by atoms with van der Waals surface area (Å²) in [4.78, 5) is 24.8. The fourth-order valence-corrected chi connectivity index (χ4v) is 2.80. The average Bonchev–Trinajstić information content (AvgIpc) is 3.22. The van der Waals surface area contributed by atoms with Gasteiger partial charge in [-0.3, -0.25) is 4.79 Å². The van der Waals surface area contributed by atoms with E-state index in [1.54, 1.807) is 42.6 Å². The Balaban J connectivity index is 1.32. The van der Waals surface area contributed by atoms with Crippen LogP contribution in [0.15, 0.2) is 71.5 Å². The summed E-state index contributed by atoms with van der Waals surface area (Å²) in [6, 6.07) is 12.5. The monoisotopic (exact) mass is 404 g/mol. The number of rotatable bonds is 6. The van der Waals surface area contributed by atoms with Crippen LogP contribution in [0, 0.1) is 5.82 Å². The Morgan fingerprint density at radius 1 is 1.00 bits per heavy atom. The van der Waals surface area contributed by atoms with Gasteiger partial charge in [0, 0.05) is 24.0 Å². The normalized spacial score (nSPS) is 10.7. The number of phenols is 1. The zero-order valence-corrected chi connectivity index (χ0v) is 15.7. The number of aromatic nitrogens is 3. The zero-order chi connectivity index (χ0) is 20.9. The molecule has 0 atom stereocenters. The molecular weight excluding hydrogens is 387 g/mol. The molecule has 1 amide bonds. The Bertz CT molecular complexity index is 1160. The number of phenolic OH excluding ortho intramolecular Hbond substituents is 1. The van der Waals surface area contributed by atoms with Gasteiger partial charge in [0.05, 0.1) is 24.3 Å². The second-order valence-electron chi connectivity index (χ2n) is 6.52. The maximum Gasteiger partial charge on any atom is 0.224 e. The lowest BCUT2D eigenvalue weighted by atomic mass is 10.2. The van der Waals surface area contributed by atoms with Crippen LogP contribution in [0.3, 0.4) is 0 Å². The Kier molecular flexibility index (Phi) is 5.47. The lowest BCUT2D eigenvalue weighted by molar-refractivity contribution is -0.116. The van der Waals surface area contributed by atoms with Crippen LogP contribution in [0.2, 0.25) is 0 Å². The molecule has 150 valence electrons. The molecule has 8 heteroatoms. The standard InChI is InChI=1S/C22H17FN4O3/c23-16-6-4-14(5-7-16)19-13-24-21(30-19)9-8-20(29)27-17-11-25-22(26-12-17)15-2-1-3-18(28)10-15/h1-7,10-13,28H,8-9H2,(H,27,29). The van der Waals surface area contributed by atoms with E-state index in [2.05, 4.69) is 20.3 Å². The highest BCUT2D eigenvalue weighted by Gasteiger charge is 2.10. The molecule has 2 heterocycles. The van der Waals surface area contributed by atoms with E-state index in [4.69, 9.17) is 4.42 Å². The topological polar surface area (TPSA) is 101 Å². The summed E-state index contributed by atoms with van der Waals surface area (Å²) in [7, 11) is 0. The van der Waals surface area contributed by atoms with E-state index in [9.17, 15) is 14.3 Å². The molecule has 0 saturated carbocycles. The summed E-state index contributed by atoms with van der Waals surface area (Å²) in [6.07, 6.45) is 5.03. The first kappa shape index (κ1) is 19.3. The second kappa shape index (κ2) is 8.52. The summed E-state index contributed by atoms with van der Waals surface area (Å²) in [5.41, 5.74) is 1.85. The fourth-order valence-electron chi connectivity index (χ4n) is 2.80. The number of nitrogens with zero attached hydrogens (tertiary/aromatic N) is 3. The summed E-state index contributed by atoms with van der Waals surface area (Å²) in [6.45, 7) is 0. The molecule has 0 aliphatic carbocycles. The van der Waals surface area contributed by atoms with E-state index in [1.807, 2.05) is 0 Å². The third-order valence-corrected chi connectivity index (χ3v) is 4.29. The van der Waals surface area contributed by atoms with Crippen LogP contribution in [-0.4, -0.2) is 26.0 Å². The van der Waals surface area contributed by atoms with Crippen molar-refractivity contribution in [2.75, 3.05) is 5.32 Å². The number of aromatic hydroxyl groups is 1. The molecule has 4 aromatic rings. The third-order valence-electron chi connectivity index (χ3n) is 4.29. The van der Waals surface area contributed by atoms with Crippen LogP contribution in [0.1, 0.15) is 12.3 Å². The Hall–Kier alpha value is -4.07. The van der Waals surface area contributed by atoms with E-state index in [0.717, 1.165) is 0 Å². The summed E-state index contributed by atoms with van der Waals surface area (Å²) < 4.78 is 18.6. The number of carbonyl (C=O) groups is 1. The highest BCUT2D eigenvalue weighted by atomic mass is 19.1. The number of anilines is 1. The molecule has 0 aliphatic heterocycles. The van der Waals surface area contributed by atoms with Crippen molar-refractivity contribution >= 4 is 11.6 Å². The van der Waals surface area contributed by atoms with Gasteiger partial charge in [-0.25, -0.2) is 19.3 Å². The van der Waals surface area contributed by atoms with Gasteiger partial charge in [0.1, 0.15) is 11.6 Å². The van der Waals surface area contributed by atoms with Crippen LogP contribution in [0.5, 0.6) is 5.75 Å². The molecule has 2 aromatic carbocycles. The first-order valence-electron chi connectivity index (χ1n) is 9.19. The number of carbonyl (C=O) groups excluding carboxylic acids is 1. The first-order chi connectivity index (χ1) is 14.6. The molecule has 0 unspecified atom stereocenters. The maximum absolute atomic E-state index is 13.0. The molecule has 2 N–H and O–H groups in total. The van der Waals surface area contributed by atoms with Gasteiger partial charge in [-0.15, -0.1) is 0 Å². The van der Waals surface area contributed by atoms with Gasteiger partial charge in [0.25, 0.3) is 0 Å². The molecule has 0 bridgehead atoms. The molecule has 0 spiro atoms. The number of amides is 1. The Morgan fingerprint density at radius 2 is 1.77 bits per heavy atom. The van der Waals surface area contributed by atoms with Crippen molar-refractivity contribution in [3.63, 3.8) is 0 Å². The van der Waals surface area contributed by atoms with E-state index < -0.39 is 0 Å². The highest BCUT2D eigenvalue weighted by Crippen LogP contribution is 2.22. The van der Waals surface area contributed by atoms with Crippen LogP contribution in [-0.2, 0) is 11.2 Å². The van der Waals surface area contributed by atoms with Crippen molar-refractivity contribution < 1.29 is 18.7 Å². The molecule has 4 rings (SSSR count). The van der Waals surface area contributed by atoms with Crippen LogP contribution < -0.4 is 5.32 Å². The maximum atomic E-state index is 13.0.